The standard InChI is InChI=1S/C16H31NO3/c1-16(2,3)20-15(19)17-12-14-9-7-13(8-10-14)6-4-5-11-18/h13-14,18H,4-12H2,1-3H3,(H,17,19). The number of hydrogen-bond donors (Lipinski definition) is 2. The minimum absolute atomic E-state index is 0.303. The van der Waals surface area contributed by atoms with Crippen molar-refractivity contribution in [2.24, 2.45) is 11.8 Å². The highest BCUT2D eigenvalue weighted by Gasteiger charge is 2.22. The van der Waals surface area contributed by atoms with E-state index in [4.69, 9.17) is 9.84 Å². The summed E-state index contributed by atoms with van der Waals surface area (Å²) in [5.74, 6) is 1.41. The van der Waals surface area contributed by atoms with Gasteiger partial charge in [-0.25, -0.2) is 4.79 Å². The van der Waals surface area contributed by atoms with Gasteiger partial charge in [0.05, 0.1) is 0 Å². The average molecular weight is 285 g/mol. The van der Waals surface area contributed by atoms with Gasteiger partial charge in [-0.2, -0.15) is 0 Å². The molecule has 118 valence electrons. The molecule has 0 radical (unpaired) electrons. The number of nitrogens with one attached hydrogen (secondary N) is 1. The van der Waals surface area contributed by atoms with E-state index < -0.39 is 5.60 Å². The monoisotopic (exact) mass is 285 g/mol. The van der Waals surface area contributed by atoms with Gasteiger partial charge < -0.3 is 15.2 Å². The van der Waals surface area contributed by atoms with E-state index in [1.54, 1.807) is 0 Å². The van der Waals surface area contributed by atoms with E-state index in [1.165, 1.54) is 32.1 Å². The second-order valence-corrected chi connectivity index (χ2v) is 6.99. The molecule has 0 spiro atoms. The highest BCUT2D eigenvalue weighted by atomic mass is 16.6. The lowest BCUT2D eigenvalue weighted by Gasteiger charge is -2.29. The zero-order valence-electron chi connectivity index (χ0n) is 13.3. The van der Waals surface area contributed by atoms with E-state index in [1.807, 2.05) is 20.8 Å². The third-order valence-corrected chi connectivity index (χ3v) is 3.92. The number of carbonyl (C=O) groups excluding carboxylic acids is 1. The van der Waals surface area contributed by atoms with Gasteiger partial charge in [0.25, 0.3) is 0 Å². The highest BCUT2D eigenvalue weighted by Crippen LogP contribution is 2.31. The van der Waals surface area contributed by atoms with Crippen LogP contribution < -0.4 is 5.32 Å². The van der Waals surface area contributed by atoms with Crippen molar-refractivity contribution in [2.45, 2.75) is 71.3 Å². The minimum Gasteiger partial charge on any atom is -0.444 e. The van der Waals surface area contributed by atoms with E-state index in [0.717, 1.165) is 25.3 Å². The molecule has 4 nitrogen and oxygen atoms in total. The molecule has 1 amide bonds. The largest absolute Gasteiger partial charge is 0.444 e. The van der Waals surface area contributed by atoms with Crippen LogP contribution in [0.4, 0.5) is 4.79 Å². The van der Waals surface area contributed by atoms with Crippen LogP contribution in [0.3, 0.4) is 0 Å². The summed E-state index contributed by atoms with van der Waals surface area (Å²) in [6.45, 7) is 6.69. The summed E-state index contributed by atoms with van der Waals surface area (Å²) in [5.41, 5.74) is -0.422. The summed E-state index contributed by atoms with van der Waals surface area (Å²) in [6, 6.07) is 0. The van der Waals surface area contributed by atoms with Crippen LogP contribution in [0.1, 0.15) is 65.7 Å². The van der Waals surface area contributed by atoms with Crippen LogP contribution in [0, 0.1) is 11.8 Å². The van der Waals surface area contributed by atoms with Gasteiger partial charge in [-0.15, -0.1) is 0 Å². The first kappa shape index (κ1) is 17.3. The van der Waals surface area contributed by atoms with Gasteiger partial charge in [-0.3, -0.25) is 0 Å². The summed E-state index contributed by atoms with van der Waals surface area (Å²) in [7, 11) is 0. The minimum atomic E-state index is -0.422. The molecule has 0 atom stereocenters. The van der Waals surface area contributed by atoms with Crippen molar-refractivity contribution >= 4 is 6.09 Å². The number of aliphatic hydroxyl groups is 1. The molecule has 20 heavy (non-hydrogen) atoms. The van der Waals surface area contributed by atoms with E-state index in [2.05, 4.69) is 5.32 Å². The van der Waals surface area contributed by atoms with E-state index >= 15 is 0 Å². The Morgan fingerprint density at radius 3 is 2.30 bits per heavy atom. The maximum absolute atomic E-state index is 11.6. The average Bonchev–Trinajstić information content (AvgIpc) is 2.36. The zero-order chi connectivity index (χ0) is 15.0. The molecule has 0 aliphatic heterocycles. The Morgan fingerprint density at radius 2 is 1.75 bits per heavy atom. The molecule has 0 saturated heterocycles. The molecular formula is C16H31NO3. The van der Waals surface area contributed by atoms with Crippen LogP contribution in [0.15, 0.2) is 0 Å². The Balaban J connectivity index is 2.12. The van der Waals surface area contributed by atoms with Gasteiger partial charge in [-0.1, -0.05) is 25.7 Å². The summed E-state index contributed by atoms with van der Waals surface area (Å²) in [5, 5.41) is 11.7. The predicted molar refractivity (Wildman–Crippen MR) is 80.6 cm³/mol. The first-order valence-electron chi connectivity index (χ1n) is 7.98. The van der Waals surface area contributed by atoms with Crippen LogP contribution in [0.2, 0.25) is 0 Å². The Bertz CT molecular complexity index is 278. The fourth-order valence-electron chi connectivity index (χ4n) is 2.81. The van der Waals surface area contributed by atoms with Crippen molar-refractivity contribution in [1.29, 1.82) is 0 Å². The lowest BCUT2D eigenvalue weighted by atomic mass is 9.80. The van der Waals surface area contributed by atoms with Crippen LogP contribution in [-0.2, 0) is 4.74 Å². The van der Waals surface area contributed by atoms with Crippen molar-refractivity contribution in [3.63, 3.8) is 0 Å². The molecule has 0 aromatic carbocycles. The van der Waals surface area contributed by atoms with Crippen LogP contribution >= 0.6 is 0 Å². The molecule has 0 heterocycles. The van der Waals surface area contributed by atoms with Crippen LogP contribution in [-0.4, -0.2) is 30.0 Å². The molecule has 0 bridgehead atoms. The molecule has 1 aliphatic rings. The van der Waals surface area contributed by atoms with Crippen molar-refractivity contribution in [3.05, 3.63) is 0 Å². The second kappa shape index (κ2) is 8.50. The molecule has 1 fully saturated rings. The van der Waals surface area contributed by atoms with Crippen LogP contribution in [0.5, 0.6) is 0 Å². The maximum atomic E-state index is 11.6. The third kappa shape index (κ3) is 7.73. The Labute approximate surface area is 123 Å². The van der Waals surface area contributed by atoms with Gasteiger partial charge >= 0.3 is 6.09 Å². The fraction of sp³-hybridized carbons (Fsp3) is 0.938. The van der Waals surface area contributed by atoms with Crippen molar-refractivity contribution in [2.75, 3.05) is 13.2 Å². The highest BCUT2D eigenvalue weighted by molar-refractivity contribution is 5.67. The number of alkyl carbamates (subject to hydrolysis) is 1. The first-order valence-corrected chi connectivity index (χ1v) is 7.98. The van der Waals surface area contributed by atoms with Crippen molar-refractivity contribution in [3.8, 4) is 0 Å². The second-order valence-electron chi connectivity index (χ2n) is 6.99. The Kier molecular flexibility index (Phi) is 7.35. The summed E-state index contributed by atoms with van der Waals surface area (Å²) >= 11 is 0. The molecule has 2 N–H and O–H groups in total. The number of hydrogen-bond acceptors (Lipinski definition) is 3. The smallest absolute Gasteiger partial charge is 0.407 e. The molecule has 0 aromatic rings. The van der Waals surface area contributed by atoms with Crippen molar-refractivity contribution in [1.82, 2.24) is 5.32 Å². The number of unbranched alkanes of at least 4 members (excludes halogenated alkanes) is 1. The zero-order valence-corrected chi connectivity index (χ0v) is 13.3. The molecule has 4 heteroatoms. The molecule has 0 aromatic heterocycles. The van der Waals surface area contributed by atoms with E-state index in [9.17, 15) is 4.79 Å². The lowest BCUT2D eigenvalue weighted by Crippen LogP contribution is -2.36. The first-order chi connectivity index (χ1) is 9.40. The maximum Gasteiger partial charge on any atom is 0.407 e. The summed E-state index contributed by atoms with van der Waals surface area (Å²) in [6.07, 6.45) is 7.91. The summed E-state index contributed by atoms with van der Waals surface area (Å²) < 4.78 is 5.24. The van der Waals surface area contributed by atoms with Gasteiger partial charge in [0, 0.05) is 13.2 Å². The quantitative estimate of drug-likeness (QED) is 0.735. The van der Waals surface area contributed by atoms with Gasteiger partial charge in [0.15, 0.2) is 0 Å². The predicted octanol–water partition coefficient (Wildman–Crippen LogP) is 3.48. The van der Waals surface area contributed by atoms with Gasteiger partial charge in [-0.05, 0) is 51.9 Å². The molecule has 1 saturated carbocycles. The molecule has 0 unspecified atom stereocenters. The van der Waals surface area contributed by atoms with Crippen molar-refractivity contribution < 1.29 is 14.6 Å². The number of rotatable bonds is 6. The third-order valence-electron chi connectivity index (χ3n) is 3.92. The molecular weight excluding hydrogens is 254 g/mol. The van der Waals surface area contributed by atoms with E-state index in [-0.39, 0.29) is 6.09 Å². The topological polar surface area (TPSA) is 58.6 Å². The van der Waals surface area contributed by atoms with Gasteiger partial charge in [0.2, 0.25) is 0 Å². The number of ether oxygens (including phenoxy) is 1. The normalized spacial score (nSPS) is 23.4. The molecule has 1 aliphatic carbocycles. The SMILES string of the molecule is CC(C)(C)OC(=O)NCC1CCC(CCCCO)CC1. The molecule has 1 rings (SSSR count). The fourth-order valence-corrected chi connectivity index (χ4v) is 2.81. The Morgan fingerprint density at radius 1 is 1.15 bits per heavy atom. The number of aliphatic hydroxyl groups excluding tert-OH is 1. The Hall–Kier alpha value is -0.770. The van der Waals surface area contributed by atoms with Crippen LogP contribution in [0.25, 0.3) is 0 Å². The number of amides is 1. The van der Waals surface area contributed by atoms with Gasteiger partial charge in [0.1, 0.15) is 5.60 Å². The van der Waals surface area contributed by atoms with E-state index in [0.29, 0.717) is 12.5 Å². The lowest BCUT2D eigenvalue weighted by molar-refractivity contribution is 0.0513. The summed E-state index contributed by atoms with van der Waals surface area (Å²) in [4.78, 5) is 11.6. The number of carbonyl (C=O) groups is 1.